The van der Waals surface area contributed by atoms with Crippen molar-refractivity contribution in [3.63, 3.8) is 0 Å². The van der Waals surface area contributed by atoms with Crippen LogP contribution in [-0.2, 0) is 9.53 Å². The molecule has 7 heteroatoms. The van der Waals surface area contributed by atoms with Crippen LogP contribution in [-0.4, -0.2) is 42.9 Å². The fourth-order valence-electron chi connectivity index (χ4n) is 2.88. The van der Waals surface area contributed by atoms with Crippen LogP contribution in [0.1, 0.15) is 12.8 Å². The molecule has 2 N–H and O–H groups in total. The zero-order valence-corrected chi connectivity index (χ0v) is 13.0. The van der Waals surface area contributed by atoms with Crippen LogP contribution < -0.4 is 10.6 Å². The highest BCUT2D eigenvalue weighted by Gasteiger charge is 2.39. The third-order valence-corrected chi connectivity index (χ3v) is 4.23. The highest BCUT2D eigenvalue weighted by atomic mass is 16.5. The molecule has 0 spiro atoms. The molecule has 2 aromatic rings. The van der Waals surface area contributed by atoms with Crippen LogP contribution in [0.15, 0.2) is 35.2 Å². The first-order valence-corrected chi connectivity index (χ1v) is 7.61. The van der Waals surface area contributed by atoms with E-state index in [0.29, 0.717) is 12.4 Å². The topological polar surface area (TPSA) is 89.3 Å². The minimum atomic E-state index is -0.466. The number of piperidine rings is 1. The molecule has 0 bridgehead atoms. The number of benzene rings is 1. The molecule has 0 atom stereocenters. The van der Waals surface area contributed by atoms with E-state index in [9.17, 15) is 4.79 Å². The summed E-state index contributed by atoms with van der Waals surface area (Å²) in [6, 6.07) is 7.38. The maximum absolute atomic E-state index is 12.7. The Labute approximate surface area is 134 Å². The van der Waals surface area contributed by atoms with Gasteiger partial charge in [-0.25, -0.2) is 0 Å². The van der Waals surface area contributed by atoms with Crippen LogP contribution in [0.4, 0.5) is 5.69 Å². The first-order chi connectivity index (χ1) is 11.2. The second kappa shape index (κ2) is 6.89. The van der Waals surface area contributed by atoms with Crippen LogP contribution in [0.3, 0.4) is 0 Å². The molecule has 1 aromatic heterocycles. The fourth-order valence-corrected chi connectivity index (χ4v) is 2.88. The molecular formula is C16H20N4O3. The predicted molar refractivity (Wildman–Crippen MR) is 84.8 cm³/mol. The summed E-state index contributed by atoms with van der Waals surface area (Å²) in [6.45, 7) is 2.09. The Balaban J connectivity index is 1.71. The Bertz CT molecular complexity index is 628. The Morgan fingerprint density at radius 2 is 2.09 bits per heavy atom. The SMILES string of the molecule is COCC1(C(=O)Nc2ccc(-c3ncon3)cc2)CCNCC1. The van der Waals surface area contributed by atoms with Crippen LogP contribution in [0.2, 0.25) is 0 Å². The predicted octanol–water partition coefficient (Wildman–Crippen LogP) is 1.69. The van der Waals surface area contributed by atoms with Crippen LogP contribution in [0.25, 0.3) is 11.4 Å². The van der Waals surface area contributed by atoms with Gasteiger partial charge in [0.25, 0.3) is 0 Å². The van der Waals surface area contributed by atoms with E-state index in [-0.39, 0.29) is 5.91 Å². The number of carbonyl (C=O) groups excluding carboxylic acids is 1. The van der Waals surface area contributed by atoms with Gasteiger partial charge in [0, 0.05) is 18.4 Å². The number of rotatable bonds is 5. The molecule has 1 aliphatic rings. The molecule has 3 rings (SSSR count). The van der Waals surface area contributed by atoms with Crippen LogP contribution in [0, 0.1) is 5.41 Å². The summed E-state index contributed by atoms with van der Waals surface area (Å²) in [7, 11) is 1.64. The van der Waals surface area contributed by atoms with E-state index in [0.717, 1.165) is 37.2 Å². The van der Waals surface area contributed by atoms with Gasteiger partial charge in [-0.3, -0.25) is 4.79 Å². The lowest BCUT2D eigenvalue weighted by atomic mass is 9.78. The smallest absolute Gasteiger partial charge is 0.233 e. The number of hydrogen-bond acceptors (Lipinski definition) is 6. The van der Waals surface area contributed by atoms with Crippen molar-refractivity contribution in [2.45, 2.75) is 12.8 Å². The number of nitrogens with one attached hydrogen (secondary N) is 2. The molecule has 0 unspecified atom stereocenters. The lowest BCUT2D eigenvalue weighted by molar-refractivity contribution is -0.130. The molecule has 0 saturated carbocycles. The molecule has 1 fully saturated rings. The van der Waals surface area contributed by atoms with Crippen molar-refractivity contribution in [1.29, 1.82) is 0 Å². The molecule has 1 amide bonds. The quantitative estimate of drug-likeness (QED) is 0.872. The Kier molecular flexibility index (Phi) is 4.68. The van der Waals surface area contributed by atoms with E-state index in [1.807, 2.05) is 24.3 Å². The van der Waals surface area contributed by atoms with Crippen LogP contribution in [0.5, 0.6) is 0 Å². The average Bonchev–Trinajstić information content (AvgIpc) is 3.11. The van der Waals surface area contributed by atoms with Gasteiger partial charge in [-0.1, -0.05) is 5.16 Å². The summed E-state index contributed by atoms with van der Waals surface area (Å²) in [4.78, 5) is 16.7. The van der Waals surface area contributed by atoms with E-state index in [1.54, 1.807) is 7.11 Å². The number of anilines is 1. The van der Waals surface area contributed by atoms with Crippen molar-refractivity contribution in [3.05, 3.63) is 30.7 Å². The van der Waals surface area contributed by atoms with Crippen molar-refractivity contribution < 1.29 is 14.1 Å². The number of amides is 1. The Morgan fingerprint density at radius 1 is 1.35 bits per heavy atom. The lowest BCUT2D eigenvalue weighted by Crippen LogP contribution is -2.47. The molecule has 2 heterocycles. The second-order valence-corrected chi connectivity index (χ2v) is 5.75. The molecule has 122 valence electrons. The first kappa shape index (κ1) is 15.6. The Morgan fingerprint density at radius 3 is 2.70 bits per heavy atom. The van der Waals surface area contributed by atoms with Gasteiger partial charge in [0.15, 0.2) is 0 Å². The van der Waals surface area contributed by atoms with Gasteiger partial charge < -0.3 is 19.9 Å². The molecule has 1 aromatic carbocycles. The normalized spacial score (nSPS) is 16.9. The summed E-state index contributed by atoms with van der Waals surface area (Å²) in [5.41, 5.74) is 1.12. The highest BCUT2D eigenvalue weighted by molar-refractivity contribution is 5.95. The first-order valence-electron chi connectivity index (χ1n) is 7.61. The van der Waals surface area contributed by atoms with E-state index in [2.05, 4.69) is 20.8 Å². The monoisotopic (exact) mass is 316 g/mol. The highest BCUT2D eigenvalue weighted by Crippen LogP contribution is 2.31. The molecular weight excluding hydrogens is 296 g/mol. The van der Waals surface area contributed by atoms with E-state index in [1.165, 1.54) is 6.39 Å². The number of methoxy groups -OCH3 is 1. The van der Waals surface area contributed by atoms with E-state index >= 15 is 0 Å². The summed E-state index contributed by atoms with van der Waals surface area (Å²) in [5.74, 6) is 0.533. The minimum absolute atomic E-state index is 0.00756. The van der Waals surface area contributed by atoms with Gasteiger partial charge >= 0.3 is 0 Å². The molecule has 0 radical (unpaired) electrons. The average molecular weight is 316 g/mol. The zero-order chi connectivity index (χ0) is 16.1. The van der Waals surface area contributed by atoms with Crippen molar-refractivity contribution >= 4 is 11.6 Å². The molecule has 23 heavy (non-hydrogen) atoms. The summed E-state index contributed by atoms with van der Waals surface area (Å²) < 4.78 is 10.0. The summed E-state index contributed by atoms with van der Waals surface area (Å²) in [5, 5.41) is 10.1. The summed E-state index contributed by atoms with van der Waals surface area (Å²) >= 11 is 0. The maximum atomic E-state index is 12.7. The number of nitrogens with zero attached hydrogens (tertiary/aromatic N) is 2. The molecule has 0 aliphatic carbocycles. The minimum Gasteiger partial charge on any atom is -0.384 e. The van der Waals surface area contributed by atoms with Gasteiger partial charge in [-0.05, 0) is 50.2 Å². The number of hydrogen-bond donors (Lipinski definition) is 2. The Hall–Kier alpha value is -2.25. The zero-order valence-electron chi connectivity index (χ0n) is 13.0. The third kappa shape index (κ3) is 3.40. The fraction of sp³-hybridized carbons (Fsp3) is 0.438. The molecule has 1 aliphatic heterocycles. The summed E-state index contributed by atoms with van der Waals surface area (Å²) in [6.07, 6.45) is 2.83. The van der Waals surface area contributed by atoms with Crippen molar-refractivity contribution in [1.82, 2.24) is 15.5 Å². The van der Waals surface area contributed by atoms with Crippen molar-refractivity contribution in [2.75, 3.05) is 32.1 Å². The lowest BCUT2D eigenvalue weighted by Gasteiger charge is -2.35. The largest absolute Gasteiger partial charge is 0.384 e. The van der Waals surface area contributed by atoms with Gasteiger partial charge in [0.1, 0.15) is 0 Å². The number of aromatic nitrogens is 2. The number of carbonyl (C=O) groups is 1. The third-order valence-electron chi connectivity index (χ3n) is 4.23. The van der Waals surface area contributed by atoms with Gasteiger partial charge in [-0.2, -0.15) is 4.98 Å². The molecule has 1 saturated heterocycles. The van der Waals surface area contributed by atoms with E-state index < -0.39 is 5.41 Å². The van der Waals surface area contributed by atoms with Crippen LogP contribution >= 0.6 is 0 Å². The second-order valence-electron chi connectivity index (χ2n) is 5.75. The molecule has 7 nitrogen and oxygen atoms in total. The van der Waals surface area contributed by atoms with Gasteiger partial charge in [0.05, 0.1) is 12.0 Å². The van der Waals surface area contributed by atoms with E-state index in [4.69, 9.17) is 9.26 Å². The van der Waals surface area contributed by atoms with Gasteiger partial charge in [0.2, 0.25) is 18.1 Å². The van der Waals surface area contributed by atoms with Crippen molar-refractivity contribution in [2.24, 2.45) is 5.41 Å². The van der Waals surface area contributed by atoms with Gasteiger partial charge in [-0.15, -0.1) is 0 Å². The van der Waals surface area contributed by atoms with Crippen molar-refractivity contribution in [3.8, 4) is 11.4 Å². The standard InChI is InChI=1S/C16H20N4O3/c1-22-10-16(6-8-17-9-7-16)15(21)19-13-4-2-12(3-5-13)14-18-11-23-20-14/h2-5,11,17H,6-10H2,1H3,(H,19,21). The number of ether oxygens (including phenoxy) is 1. The maximum Gasteiger partial charge on any atom is 0.233 e.